The SMILES string of the molecule is CC(CBr)C1CCC2(CC1)OCCO2. The van der Waals surface area contributed by atoms with Crippen molar-refractivity contribution < 1.29 is 9.47 Å². The third-order valence-electron chi connectivity index (χ3n) is 3.65. The van der Waals surface area contributed by atoms with Crippen LogP contribution in [0.2, 0.25) is 0 Å². The van der Waals surface area contributed by atoms with Crippen LogP contribution in [-0.4, -0.2) is 24.3 Å². The molecule has 0 amide bonds. The highest BCUT2D eigenvalue weighted by atomic mass is 79.9. The van der Waals surface area contributed by atoms with Gasteiger partial charge in [0.1, 0.15) is 0 Å². The first-order valence-electron chi connectivity index (χ1n) is 5.60. The molecular formula is C11H19BrO2. The monoisotopic (exact) mass is 262 g/mol. The molecular weight excluding hydrogens is 244 g/mol. The van der Waals surface area contributed by atoms with E-state index in [2.05, 4.69) is 22.9 Å². The Balaban J connectivity index is 1.85. The molecule has 0 bridgehead atoms. The zero-order chi connectivity index (χ0) is 10.0. The van der Waals surface area contributed by atoms with Crippen LogP contribution in [0.5, 0.6) is 0 Å². The molecule has 3 heteroatoms. The summed E-state index contributed by atoms with van der Waals surface area (Å²) < 4.78 is 11.4. The van der Waals surface area contributed by atoms with Crippen LogP contribution in [0.15, 0.2) is 0 Å². The van der Waals surface area contributed by atoms with E-state index in [0.717, 1.165) is 43.2 Å². The molecule has 1 aliphatic heterocycles. The number of hydrogen-bond donors (Lipinski definition) is 0. The summed E-state index contributed by atoms with van der Waals surface area (Å²) in [6.07, 6.45) is 4.70. The second-order valence-electron chi connectivity index (χ2n) is 4.58. The Hall–Kier alpha value is 0.400. The Kier molecular flexibility index (Phi) is 3.50. The fourth-order valence-electron chi connectivity index (χ4n) is 2.56. The molecule has 0 radical (unpaired) electrons. The molecule has 82 valence electrons. The molecule has 14 heavy (non-hydrogen) atoms. The van der Waals surface area contributed by atoms with Gasteiger partial charge in [-0.2, -0.15) is 0 Å². The fraction of sp³-hybridized carbons (Fsp3) is 1.00. The van der Waals surface area contributed by atoms with Crippen LogP contribution in [0.1, 0.15) is 32.6 Å². The quantitative estimate of drug-likeness (QED) is 0.713. The van der Waals surface area contributed by atoms with Crippen molar-refractivity contribution in [2.75, 3.05) is 18.5 Å². The maximum absolute atomic E-state index is 5.71. The summed E-state index contributed by atoms with van der Waals surface area (Å²) in [7, 11) is 0. The van der Waals surface area contributed by atoms with Gasteiger partial charge in [0.2, 0.25) is 0 Å². The normalized spacial score (nSPS) is 29.6. The lowest BCUT2D eigenvalue weighted by Gasteiger charge is -2.37. The summed E-state index contributed by atoms with van der Waals surface area (Å²) in [6.45, 7) is 3.91. The molecule has 0 N–H and O–H groups in total. The lowest BCUT2D eigenvalue weighted by atomic mass is 9.79. The van der Waals surface area contributed by atoms with Crippen molar-refractivity contribution in [2.24, 2.45) is 11.8 Å². The molecule has 2 rings (SSSR count). The van der Waals surface area contributed by atoms with Crippen molar-refractivity contribution in [3.05, 3.63) is 0 Å². The average molecular weight is 263 g/mol. The van der Waals surface area contributed by atoms with Gasteiger partial charge in [0, 0.05) is 18.2 Å². The average Bonchev–Trinajstić information content (AvgIpc) is 2.67. The first-order chi connectivity index (χ1) is 6.76. The summed E-state index contributed by atoms with van der Waals surface area (Å²) in [6, 6.07) is 0. The van der Waals surface area contributed by atoms with E-state index >= 15 is 0 Å². The van der Waals surface area contributed by atoms with Crippen LogP contribution < -0.4 is 0 Å². The van der Waals surface area contributed by atoms with Crippen molar-refractivity contribution in [3.63, 3.8) is 0 Å². The van der Waals surface area contributed by atoms with E-state index < -0.39 is 0 Å². The van der Waals surface area contributed by atoms with Crippen molar-refractivity contribution in [2.45, 2.75) is 38.4 Å². The highest BCUT2D eigenvalue weighted by Crippen LogP contribution is 2.40. The maximum Gasteiger partial charge on any atom is 0.168 e. The zero-order valence-electron chi connectivity index (χ0n) is 8.80. The van der Waals surface area contributed by atoms with E-state index in [1.807, 2.05) is 0 Å². The van der Waals surface area contributed by atoms with Crippen LogP contribution in [0, 0.1) is 11.8 Å². The summed E-state index contributed by atoms with van der Waals surface area (Å²) >= 11 is 3.56. The zero-order valence-corrected chi connectivity index (χ0v) is 10.4. The molecule has 0 aromatic carbocycles. The second kappa shape index (κ2) is 4.50. The minimum atomic E-state index is -0.178. The molecule has 1 unspecified atom stereocenters. The lowest BCUT2D eigenvalue weighted by molar-refractivity contribution is -0.184. The summed E-state index contributed by atoms with van der Waals surface area (Å²) in [4.78, 5) is 0. The highest BCUT2D eigenvalue weighted by molar-refractivity contribution is 9.09. The van der Waals surface area contributed by atoms with Crippen LogP contribution in [0.3, 0.4) is 0 Å². The van der Waals surface area contributed by atoms with E-state index in [-0.39, 0.29) is 5.79 Å². The van der Waals surface area contributed by atoms with Crippen LogP contribution >= 0.6 is 15.9 Å². The minimum Gasteiger partial charge on any atom is -0.348 e. The molecule has 0 aromatic heterocycles. The van der Waals surface area contributed by atoms with E-state index in [0.29, 0.717) is 0 Å². The van der Waals surface area contributed by atoms with Crippen molar-refractivity contribution in [3.8, 4) is 0 Å². The molecule has 1 aliphatic carbocycles. The van der Waals surface area contributed by atoms with Crippen molar-refractivity contribution in [1.82, 2.24) is 0 Å². The molecule has 2 nitrogen and oxygen atoms in total. The molecule has 1 saturated heterocycles. The molecule has 1 spiro atoms. The summed E-state index contributed by atoms with van der Waals surface area (Å²) in [5.74, 6) is 1.46. The van der Waals surface area contributed by atoms with Crippen molar-refractivity contribution in [1.29, 1.82) is 0 Å². The van der Waals surface area contributed by atoms with Gasteiger partial charge in [0.05, 0.1) is 13.2 Å². The van der Waals surface area contributed by atoms with Gasteiger partial charge in [-0.3, -0.25) is 0 Å². The van der Waals surface area contributed by atoms with Gasteiger partial charge in [-0.05, 0) is 24.7 Å². The largest absolute Gasteiger partial charge is 0.348 e. The van der Waals surface area contributed by atoms with Crippen LogP contribution in [-0.2, 0) is 9.47 Å². The van der Waals surface area contributed by atoms with Gasteiger partial charge in [-0.15, -0.1) is 0 Å². The molecule has 0 aromatic rings. The second-order valence-corrected chi connectivity index (χ2v) is 5.22. The van der Waals surface area contributed by atoms with E-state index in [9.17, 15) is 0 Å². The van der Waals surface area contributed by atoms with Gasteiger partial charge in [0.15, 0.2) is 5.79 Å². The van der Waals surface area contributed by atoms with Gasteiger partial charge >= 0.3 is 0 Å². The number of hydrogen-bond acceptors (Lipinski definition) is 2. The van der Waals surface area contributed by atoms with Gasteiger partial charge < -0.3 is 9.47 Å². The Labute approximate surface area is 94.5 Å². The predicted octanol–water partition coefficient (Wildman–Crippen LogP) is 2.95. The number of halogens is 1. The van der Waals surface area contributed by atoms with E-state index in [1.165, 1.54) is 12.8 Å². The Bertz CT molecular complexity index is 180. The number of ether oxygens (including phenoxy) is 2. The van der Waals surface area contributed by atoms with Crippen LogP contribution in [0.25, 0.3) is 0 Å². The molecule has 2 aliphatic rings. The Morgan fingerprint density at radius 1 is 1.29 bits per heavy atom. The summed E-state index contributed by atoms with van der Waals surface area (Å²) in [5.41, 5.74) is 0. The van der Waals surface area contributed by atoms with E-state index in [4.69, 9.17) is 9.47 Å². The standard InChI is InChI=1S/C11H19BrO2/c1-9(8-12)10-2-4-11(5-3-10)13-6-7-14-11/h9-10H,2-8H2,1H3. The number of rotatable bonds is 2. The molecule has 1 atom stereocenters. The molecule has 1 saturated carbocycles. The Morgan fingerprint density at radius 2 is 1.86 bits per heavy atom. The first kappa shape index (κ1) is 10.9. The topological polar surface area (TPSA) is 18.5 Å². The predicted molar refractivity (Wildman–Crippen MR) is 59.6 cm³/mol. The summed E-state index contributed by atoms with van der Waals surface area (Å²) in [5, 5.41) is 1.12. The van der Waals surface area contributed by atoms with E-state index in [1.54, 1.807) is 0 Å². The van der Waals surface area contributed by atoms with Crippen LogP contribution in [0.4, 0.5) is 0 Å². The third kappa shape index (κ3) is 2.15. The fourth-order valence-corrected chi connectivity index (χ4v) is 3.09. The molecule has 2 fully saturated rings. The van der Waals surface area contributed by atoms with Gasteiger partial charge in [0.25, 0.3) is 0 Å². The van der Waals surface area contributed by atoms with Crippen molar-refractivity contribution >= 4 is 15.9 Å². The number of alkyl halides is 1. The first-order valence-corrected chi connectivity index (χ1v) is 6.72. The lowest BCUT2D eigenvalue weighted by Crippen LogP contribution is -2.36. The third-order valence-corrected chi connectivity index (χ3v) is 4.68. The smallest absolute Gasteiger partial charge is 0.168 e. The highest BCUT2D eigenvalue weighted by Gasteiger charge is 2.40. The Morgan fingerprint density at radius 3 is 2.36 bits per heavy atom. The van der Waals surface area contributed by atoms with Gasteiger partial charge in [-0.1, -0.05) is 22.9 Å². The molecule has 1 heterocycles. The minimum absolute atomic E-state index is 0.178. The van der Waals surface area contributed by atoms with Gasteiger partial charge in [-0.25, -0.2) is 0 Å². The maximum atomic E-state index is 5.71.